The van der Waals surface area contributed by atoms with Crippen molar-refractivity contribution in [2.75, 3.05) is 0 Å². The molecule has 2 saturated carbocycles. The quantitative estimate of drug-likeness (QED) is 0.412. The Hall–Kier alpha value is -0.980. The first kappa shape index (κ1) is 23.3. The second kappa shape index (κ2) is 5.19. The lowest BCUT2D eigenvalue weighted by Crippen LogP contribution is -2.85. The van der Waals surface area contributed by atoms with Crippen molar-refractivity contribution in [3.8, 4) is 0 Å². The van der Waals surface area contributed by atoms with Crippen molar-refractivity contribution in [2.24, 2.45) is 23.2 Å². The van der Waals surface area contributed by atoms with E-state index < -0.39 is 64.6 Å². The van der Waals surface area contributed by atoms with E-state index in [4.69, 9.17) is 0 Å². The Labute approximate surface area is 148 Å². The van der Waals surface area contributed by atoms with Crippen molar-refractivity contribution in [2.45, 2.75) is 62.2 Å². The van der Waals surface area contributed by atoms with Crippen LogP contribution in [0.2, 0.25) is 0 Å². The van der Waals surface area contributed by atoms with Gasteiger partial charge in [0.1, 0.15) is 5.92 Å². The maximum absolute atomic E-state index is 14.3. The minimum absolute atomic E-state index is 0.290. The summed E-state index contributed by atoms with van der Waals surface area (Å²) < 4.78 is 196. The zero-order valence-electron chi connectivity index (χ0n) is 14.0. The van der Waals surface area contributed by atoms with Crippen LogP contribution in [0.25, 0.3) is 0 Å². The molecule has 0 aromatic heterocycles. The lowest BCUT2D eigenvalue weighted by atomic mass is 9.47. The van der Waals surface area contributed by atoms with Gasteiger partial charge < -0.3 is 0 Å². The monoisotopic (exact) mass is 446 g/mol. The van der Waals surface area contributed by atoms with E-state index in [1.807, 2.05) is 0 Å². The number of fused-ring (bicyclic) bond motifs is 1. The summed E-state index contributed by atoms with van der Waals surface area (Å²) in [5.41, 5.74) is -4.34. The van der Waals surface area contributed by atoms with Crippen LogP contribution >= 0.6 is 0 Å². The molecule has 2 fully saturated rings. The first-order valence-electron chi connectivity index (χ1n) is 7.58. The number of halogens is 14. The number of hydrogen-bond acceptors (Lipinski definition) is 0. The van der Waals surface area contributed by atoms with Crippen LogP contribution in [0.4, 0.5) is 61.5 Å². The average molecular weight is 446 g/mol. The standard InChI is InChI=1S/C14H12F14/c1-4(2)7(3)5-6(9(17,18)12(23,24)11(7,21)22)10(19,20)14(27,28)13(25,26)8(5,15)16/h4-6H,1-3H3. The van der Waals surface area contributed by atoms with Crippen molar-refractivity contribution < 1.29 is 61.5 Å². The highest BCUT2D eigenvalue weighted by molar-refractivity contribution is 5.28. The molecule has 0 aromatic carbocycles. The molecule has 0 spiro atoms. The van der Waals surface area contributed by atoms with E-state index in [1.165, 1.54) is 0 Å². The highest BCUT2D eigenvalue weighted by atomic mass is 19.4. The van der Waals surface area contributed by atoms with Crippen molar-refractivity contribution in [3.05, 3.63) is 0 Å². The lowest BCUT2D eigenvalue weighted by Gasteiger charge is -2.63. The second-order valence-corrected chi connectivity index (χ2v) is 7.56. The van der Waals surface area contributed by atoms with E-state index in [0.717, 1.165) is 0 Å². The normalized spacial score (nSPS) is 41.4. The van der Waals surface area contributed by atoms with Crippen molar-refractivity contribution in [3.63, 3.8) is 0 Å². The Morgan fingerprint density at radius 1 is 0.464 bits per heavy atom. The van der Waals surface area contributed by atoms with Crippen molar-refractivity contribution in [1.29, 1.82) is 0 Å². The zero-order chi connectivity index (χ0) is 22.7. The molecule has 0 heterocycles. The molecule has 0 aliphatic heterocycles. The van der Waals surface area contributed by atoms with Gasteiger partial charge >= 0.3 is 41.5 Å². The Morgan fingerprint density at radius 3 is 1.00 bits per heavy atom. The summed E-state index contributed by atoms with van der Waals surface area (Å²) in [6.07, 6.45) is 0. The van der Waals surface area contributed by atoms with E-state index >= 15 is 0 Å². The molecule has 0 radical (unpaired) electrons. The molecule has 2 aliphatic carbocycles. The Bertz CT molecular complexity index is 655. The second-order valence-electron chi connectivity index (χ2n) is 7.56. The van der Waals surface area contributed by atoms with Crippen LogP contribution in [-0.4, -0.2) is 41.5 Å². The van der Waals surface area contributed by atoms with Crippen LogP contribution in [0.5, 0.6) is 0 Å². The molecule has 0 aromatic rings. The van der Waals surface area contributed by atoms with E-state index in [1.54, 1.807) is 0 Å². The maximum atomic E-state index is 14.3. The molecule has 0 bridgehead atoms. The largest absolute Gasteiger partial charge is 0.378 e. The first-order valence-corrected chi connectivity index (χ1v) is 7.58. The van der Waals surface area contributed by atoms with Crippen LogP contribution in [0.3, 0.4) is 0 Å². The highest BCUT2D eigenvalue weighted by Gasteiger charge is 3.00. The molecule has 166 valence electrons. The number of hydrogen-bond donors (Lipinski definition) is 0. The van der Waals surface area contributed by atoms with Gasteiger partial charge in [0, 0.05) is 5.41 Å². The van der Waals surface area contributed by atoms with Crippen molar-refractivity contribution >= 4 is 0 Å². The van der Waals surface area contributed by atoms with Gasteiger partial charge in [0.05, 0.1) is 5.92 Å². The van der Waals surface area contributed by atoms with Crippen LogP contribution < -0.4 is 0 Å². The van der Waals surface area contributed by atoms with E-state index in [0.29, 0.717) is 13.8 Å². The molecule has 28 heavy (non-hydrogen) atoms. The molecule has 2 aliphatic rings. The molecule has 14 heteroatoms. The van der Waals surface area contributed by atoms with E-state index in [9.17, 15) is 61.5 Å². The smallest absolute Gasteiger partial charge is 0.199 e. The van der Waals surface area contributed by atoms with Crippen LogP contribution in [0, 0.1) is 23.2 Å². The molecule has 0 saturated heterocycles. The molecule has 0 N–H and O–H groups in total. The zero-order valence-corrected chi connectivity index (χ0v) is 14.0. The van der Waals surface area contributed by atoms with Crippen molar-refractivity contribution in [1.82, 2.24) is 0 Å². The van der Waals surface area contributed by atoms with Crippen LogP contribution in [-0.2, 0) is 0 Å². The van der Waals surface area contributed by atoms with Crippen LogP contribution in [0.1, 0.15) is 20.8 Å². The Balaban J connectivity index is 3.07. The summed E-state index contributed by atoms with van der Waals surface area (Å²) in [5, 5.41) is 0. The third-order valence-electron chi connectivity index (χ3n) is 6.07. The molecule has 3 unspecified atom stereocenters. The van der Waals surface area contributed by atoms with Gasteiger partial charge in [-0.05, 0) is 5.92 Å². The molecular formula is C14H12F14. The summed E-state index contributed by atoms with van der Waals surface area (Å²) >= 11 is 0. The summed E-state index contributed by atoms with van der Waals surface area (Å²) in [6, 6.07) is 0. The predicted octanol–water partition coefficient (Wildman–Crippen LogP) is 6.36. The predicted molar refractivity (Wildman–Crippen MR) is 64.6 cm³/mol. The third kappa shape index (κ3) is 1.91. The number of alkyl halides is 14. The fourth-order valence-electron chi connectivity index (χ4n) is 4.05. The first-order chi connectivity index (χ1) is 11.9. The summed E-state index contributed by atoms with van der Waals surface area (Å²) in [7, 11) is 0. The fourth-order valence-corrected chi connectivity index (χ4v) is 4.05. The molecular weight excluding hydrogens is 434 g/mol. The maximum Gasteiger partial charge on any atom is 0.378 e. The average Bonchev–Trinajstić information content (AvgIpc) is 2.47. The van der Waals surface area contributed by atoms with E-state index in [2.05, 4.69) is 0 Å². The van der Waals surface area contributed by atoms with Gasteiger partial charge in [-0.2, -0.15) is 61.5 Å². The van der Waals surface area contributed by atoms with Gasteiger partial charge in [-0.15, -0.1) is 0 Å². The Kier molecular flexibility index (Phi) is 4.32. The van der Waals surface area contributed by atoms with Gasteiger partial charge in [0.15, 0.2) is 0 Å². The van der Waals surface area contributed by atoms with E-state index in [-0.39, 0.29) is 6.92 Å². The summed E-state index contributed by atoms with van der Waals surface area (Å²) in [5.74, 6) is -59.8. The SMILES string of the molecule is CC(C)C1(C)C2C(C(F)(F)C(F)(F)C(F)(F)C2(F)F)C(F)(F)C(F)(F)C1(F)F. The lowest BCUT2D eigenvalue weighted by molar-refractivity contribution is -0.504. The van der Waals surface area contributed by atoms with Gasteiger partial charge in [0.25, 0.3) is 0 Å². The van der Waals surface area contributed by atoms with Gasteiger partial charge in [-0.3, -0.25) is 0 Å². The topological polar surface area (TPSA) is 0 Å². The molecule has 3 atom stereocenters. The molecule has 0 amide bonds. The summed E-state index contributed by atoms with van der Waals surface area (Å²) in [4.78, 5) is 0. The van der Waals surface area contributed by atoms with Gasteiger partial charge in [-0.25, -0.2) is 0 Å². The number of rotatable bonds is 1. The Morgan fingerprint density at radius 2 is 0.714 bits per heavy atom. The molecule has 2 rings (SSSR count). The minimum Gasteiger partial charge on any atom is -0.199 e. The van der Waals surface area contributed by atoms with Gasteiger partial charge in [0.2, 0.25) is 0 Å². The van der Waals surface area contributed by atoms with Crippen LogP contribution in [0.15, 0.2) is 0 Å². The van der Waals surface area contributed by atoms with Gasteiger partial charge in [-0.1, -0.05) is 20.8 Å². The fraction of sp³-hybridized carbons (Fsp3) is 1.00. The third-order valence-corrected chi connectivity index (χ3v) is 6.07. The highest BCUT2D eigenvalue weighted by Crippen LogP contribution is 2.78. The summed E-state index contributed by atoms with van der Waals surface area (Å²) in [6.45, 7) is 0.579. The molecule has 0 nitrogen and oxygen atoms in total. The minimum atomic E-state index is -7.23.